The molecule has 0 spiro atoms. The van der Waals surface area contributed by atoms with E-state index >= 15 is 0 Å². The molecule has 0 aliphatic carbocycles. The minimum Gasteiger partial charge on any atom is -0.456 e. The van der Waals surface area contributed by atoms with E-state index in [1.807, 2.05) is 6.07 Å². The van der Waals surface area contributed by atoms with Gasteiger partial charge in [-0.05, 0) is 37.8 Å². The highest BCUT2D eigenvalue weighted by molar-refractivity contribution is 5.80. The second-order valence-electron chi connectivity index (χ2n) is 5.89. The van der Waals surface area contributed by atoms with Crippen LogP contribution in [-0.2, 0) is 20.7 Å². The zero-order valence-electron chi connectivity index (χ0n) is 15.0. The van der Waals surface area contributed by atoms with Gasteiger partial charge in [0.1, 0.15) is 11.6 Å². The maximum atomic E-state index is 11.8. The van der Waals surface area contributed by atoms with Crippen LogP contribution in [0, 0.1) is 25.2 Å². The first-order valence-corrected chi connectivity index (χ1v) is 8.45. The third kappa shape index (κ3) is 6.42. The van der Waals surface area contributed by atoms with E-state index < -0.39 is 11.5 Å². The number of aromatic amines is 1. The summed E-state index contributed by atoms with van der Waals surface area (Å²) in [6, 6.07) is 1.87. The maximum Gasteiger partial charge on any atom is 0.306 e. The zero-order valence-corrected chi connectivity index (χ0v) is 15.0. The number of nitrogens with one attached hydrogen (secondary N) is 2. The van der Waals surface area contributed by atoms with Crippen LogP contribution in [0.3, 0.4) is 0 Å². The molecule has 2 N–H and O–H groups in total. The number of carbonyl (C=O) groups is 2. The summed E-state index contributed by atoms with van der Waals surface area (Å²) in [5.74, 6) is -0.806. The topological polar surface area (TPSA) is 112 Å². The molecule has 0 atom stereocenters. The number of ether oxygens (including phenoxy) is 1. The molecule has 1 amide bonds. The fourth-order valence-electron chi connectivity index (χ4n) is 2.52. The lowest BCUT2D eigenvalue weighted by molar-refractivity contribution is -0.148. The van der Waals surface area contributed by atoms with E-state index in [1.54, 1.807) is 13.8 Å². The molecule has 0 bridgehead atoms. The van der Waals surface area contributed by atoms with E-state index in [4.69, 9.17) is 10.00 Å². The third-order valence-electron chi connectivity index (χ3n) is 3.97. The lowest BCUT2D eigenvalue weighted by atomic mass is 9.99. The smallest absolute Gasteiger partial charge is 0.306 e. The Morgan fingerprint density at radius 2 is 2.00 bits per heavy atom. The predicted octanol–water partition coefficient (Wildman–Crippen LogP) is 1.65. The number of pyridine rings is 1. The summed E-state index contributed by atoms with van der Waals surface area (Å²) in [4.78, 5) is 37.6. The Balaban J connectivity index is 2.49. The molecule has 0 aliphatic heterocycles. The van der Waals surface area contributed by atoms with Gasteiger partial charge in [0.05, 0.1) is 0 Å². The normalized spacial score (nSPS) is 10.2. The van der Waals surface area contributed by atoms with Crippen LogP contribution in [0.25, 0.3) is 0 Å². The first kappa shape index (κ1) is 20.4. The number of rotatable bonds is 9. The number of unbranched alkanes of at least 4 members (excludes halogenated alkanes) is 2. The van der Waals surface area contributed by atoms with Crippen molar-refractivity contribution in [3.8, 4) is 6.07 Å². The molecule has 1 heterocycles. The van der Waals surface area contributed by atoms with Gasteiger partial charge in [-0.1, -0.05) is 19.8 Å². The van der Waals surface area contributed by atoms with Gasteiger partial charge in [-0.25, -0.2) is 0 Å². The van der Waals surface area contributed by atoms with Crippen molar-refractivity contribution in [2.45, 2.75) is 52.9 Å². The molecule has 7 heteroatoms. The van der Waals surface area contributed by atoms with Gasteiger partial charge in [-0.3, -0.25) is 14.4 Å². The molecular weight excluding hydrogens is 322 g/mol. The summed E-state index contributed by atoms with van der Waals surface area (Å²) in [7, 11) is 0. The Hall–Kier alpha value is -2.62. The minimum atomic E-state index is -0.493. The van der Waals surface area contributed by atoms with Crippen molar-refractivity contribution >= 4 is 11.9 Å². The highest BCUT2D eigenvalue weighted by Crippen LogP contribution is 2.15. The lowest BCUT2D eigenvalue weighted by Crippen LogP contribution is -2.29. The molecule has 0 radical (unpaired) electrons. The van der Waals surface area contributed by atoms with Gasteiger partial charge in [-0.2, -0.15) is 5.26 Å². The summed E-state index contributed by atoms with van der Waals surface area (Å²) in [5, 5.41) is 11.7. The molecule has 25 heavy (non-hydrogen) atoms. The molecule has 1 aromatic rings. The van der Waals surface area contributed by atoms with Crippen molar-refractivity contribution in [2.75, 3.05) is 13.2 Å². The lowest BCUT2D eigenvalue weighted by Gasteiger charge is -2.11. The highest BCUT2D eigenvalue weighted by atomic mass is 16.5. The Bertz CT molecular complexity index is 716. The van der Waals surface area contributed by atoms with Gasteiger partial charge >= 0.3 is 5.97 Å². The van der Waals surface area contributed by atoms with Gasteiger partial charge in [0.25, 0.3) is 11.5 Å². The highest BCUT2D eigenvalue weighted by Gasteiger charge is 2.14. The van der Waals surface area contributed by atoms with Crippen LogP contribution in [0.5, 0.6) is 0 Å². The van der Waals surface area contributed by atoms with Crippen molar-refractivity contribution in [3.63, 3.8) is 0 Å². The first-order chi connectivity index (χ1) is 11.9. The number of nitriles is 1. The molecular formula is C18H25N3O4. The van der Waals surface area contributed by atoms with Crippen LogP contribution in [0.1, 0.15) is 55.0 Å². The molecule has 0 saturated heterocycles. The molecule has 136 valence electrons. The van der Waals surface area contributed by atoms with Crippen molar-refractivity contribution in [3.05, 3.63) is 32.7 Å². The average molecular weight is 347 g/mol. The number of carbonyl (C=O) groups excluding carboxylic acids is 2. The predicted molar refractivity (Wildman–Crippen MR) is 93.1 cm³/mol. The van der Waals surface area contributed by atoms with Crippen LogP contribution in [0.15, 0.2) is 4.79 Å². The van der Waals surface area contributed by atoms with Gasteiger partial charge in [0, 0.05) is 18.7 Å². The van der Waals surface area contributed by atoms with E-state index in [0.717, 1.165) is 24.8 Å². The molecule has 7 nitrogen and oxygen atoms in total. The number of aryl methyl sites for hydroxylation is 1. The van der Waals surface area contributed by atoms with E-state index in [2.05, 4.69) is 17.2 Å². The summed E-state index contributed by atoms with van der Waals surface area (Å²) >= 11 is 0. The third-order valence-corrected chi connectivity index (χ3v) is 3.97. The van der Waals surface area contributed by atoms with E-state index in [-0.39, 0.29) is 24.5 Å². The number of aromatic nitrogens is 1. The molecule has 0 fully saturated rings. The second kappa shape index (κ2) is 10.3. The van der Waals surface area contributed by atoms with Crippen molar-refractivity contribution in [1.29, 1.82) is 5.26 Å². The van der Waals surface area contributed by atoms with Crippen LogP contribution in [0.4, 0.5) is 0 Å². The SMILES string of the molecule is CCCCCNC(=O)COC(=O)CCc1c(C)[nH]c(=O)c(C#N)c1C. The summed E-state index contributed by atoms with van der Waals surface area (Å²) in [5.41, 5.74) is 1.58. The van der Waals surface area contributed by atoms with E-state index in [9.17, 15) is 14.4 Å². The molecule has 0 aliphatic rings. The summed E-state index contributed by atoms with van der Waals surface area (Å²) < 4.78 is 4.95. The first-order valence-electron chi connectivity index (χ1n) is 8.45. The fourth-order valence-corrected chi connectivity index (χ4v) is 2.52. The summed E-state index contributed by atoms with van der Waals surface area (Å²) in [6.45, 7) is 5.77. The van der Waals surface area contributed by atoms with Crippen LogP contribution in [-0.4, -0.2) is 30.0 Å². The van der Waals surface area contributed by atoms with Crippen LogP contribution >= 0.6 is 0 Å². The number of hydrogen-bond acceptors (Lipinski definition) is 5. The zero-order chi connectivity index (χ0) is 18.8. The molecule has 1 aromatic heterocycles. The molecule has 0 aromatic carbocycles. The van der Waals surface area contributed by atoms with Gasteiger partial charge < -0.3 is 15.0 Å². The number of nitrogens with zero attached hydrogens (tertiary/aromatic N) is 1. The Kier molecular flexibility index (Phi) is 8.40. The van der Waals surface area contributed by atoms with Gasteiger partial charge in [0.2, 0.25) is 0 Å². The van der Waals surface area contributed by atoms with Gasteiger partial charge in [-0.15, -0.1) is 0 Å². The van der Waals surface area contributed by atoms with Crippen molar-refractivity contribution < 1.29 is 14.3 Å². The second-order valence-corrected chi connectivity index (χ2v) is 5.89. The quantitative estimate of drug-likeness (QED) is 0.521. The standard InChI is InChI=1S/C18H25N3O4/c1-4-5-6-9-20-16(22)11-25-17(23)8-7-14-12(2)15(10-19)18(24)21-13(14)3/h4-9,11H2,1-3H3,(H,20,22)(H,21,24). The Morgan fingerprint density at radius 1 is 1.28 bits per heavy atom. The molecule has 1 rings (SSSR count). The average Bonchev–Trinajstić information content (AvgIpc) is 2.56. The Morgan fingerprint density at radius 3 is 2.64 bits per heavy atom. The minimum absolute atomic E-state index is 0.0559. The van der Waals surface area contributed by atoms with Crippen LogP contribution in [0.2, 0.25) is 0 Å². The largest absolute Gasteiger partial charge is 0.456 e. The maximum absolute atomic E-state index is 11.8. The van der Waals surface area contributed by atoms with Crippen molar-refractivity contribution in [2.24, 2.45) is 0 Å². The number of H-pyrrole nitrogens is 1. The molecule has 0 saturated carbocycles. The molecule has 0 unspecified atom stereocenters. The fraction of sp³-hybridized carbons (Fsp3) is 0.556. The van der Waals surface area contributed by atoms with E-state index in [0.29, 0.717) is 24.2 Å². The van der Waals surface area contributed by atoms with Gasteiger partial charge in [0.15, 0.2) is 6.61 Å². The number of esters is 1. The number of amides is 1. The Labute approximate surface area is 147 Å². The summed E-state index contributed by atoms with van der Waals surface area (Å²) in [6.07, 6.45) is 3.43. The number of hydrogen-bond donors (Lipinski definition) is 2. The van der Waals surface area contributed by atoms with E-state index in [1.165, 1.54) is 0 Å². The van der Waals surface area contributed by atoms with Crippen molar-refractivity contribution in [1.82, 2.24) is 10.3 Å². The van der Waals surface area contributed by atoms with Crippen LogP contribution < -0.4 is 10.9 Å². The monoisotopic (exact) mass is 347 g/mol.